The third-order valence-electron chi connectivity index (χ3n) is 3.55. The van der Waals surface area contributed by atoms with Crippen molar-refractivity contribution in [2.45, 2.75) is 0 Å². The number of aliphatic imine (C=N–C) groups is 1. The van der Waals surface area contributed by atoms with Gasteiger partial charge in [-0.05, 0) is 42.1 Å². The first-order valence-electron chi connectivity index (χ1n) is 8.03. The summed E-state index contributed by atoms with van der Waals surface area (Å²) in [7, 11) is 1.45. The molecule has 0 spiro atoms. The van der Waals surface area contributed by atoms with Crippen LogP contribution < -0.4 is 14.8 Å². The Balaban J connectivity index is 1.89. The quantitative estimate of drug-likeness (QED) is 0.694. The van der Waals surface area contributed by atoms with E-state index in [2.05, 4.69) is 10.3 Å². The average molecular weight is 419 g/mol. The molecule has 0 unspecified atom stereocenters. The van der Waals surface area contributed by atoms with Gasteiger partial charge < -0.3 is 19.9 Å². The Bertz CT molecular complexity index is 990. The van der Waals surface area contributed by atoms with Crippen LogP contribution in [0.25, 0.3) is 6.08 Å². The fraction of sp³-hybridized carbons (Fsp3) is 0.105. The number of rotatable bonds is 6. The summed E-state index contributed by atoms with van der Waals surface area (Å²) in [4.78, 5) is 27.9. The Kier molecular flexibility index (Phi) is 6.23. The molecule has 0 saturated carbocycles. The maximum Gasteiger partial charge on any atom is 0.341 e. The van der Waals surface area contributed by atoms with Gasteiger partial charge in [-0.25, -0.2) is 9.79 Å². The Hall–Kier alpha value is -2.97. The number of amidine groups is 1. The number of nitrogens with one attached hydrogen (secondary N) is 1. The van der Waals surface area contributed by atoms with E-state index in [0.717, 1.165) is 11.8 Å². The summed E-state index contributed by atoms with van der Waals surface area (Å²) in [6.07, 6.45) is 1.60. The summed E-state index contributed by atoms with van der Waals surface area (Å²) < 4.78 is 10.6. The number of thioether (sulfide) groups is 1. The van der Waals surface area contributed by atoms with Crippen molar-refractivity contribution in [1.82, 2.24) is 5.32 Å². The number of hydrogen-bond donors (Lipinski definition) is 2. The van der Waals surface area contributed by atoms with Crippen molar-refractivity contribution in [2.75, 3.05) is 13.7 Å². The van der Waals surface area contributed by atoms with Crippen molar-refractivity contribution in [3.8, 4) is 11.5 Å². The van der Waals surface area contributed by atoms with E-state index in [-0.39, 0.29) is 11.7 Å². The molecule has 28 heavy (non-hydrogen) atoms. The first kappa shape index (κ1) is 19.8. The predicted molar refractivity (Wildman–Crippen MR) is 108 cm³/mol. The minimum Gasteiger partial charge on any atom is -0.493 e. The molecule has 1 heterocycles. The summed E-state index contributed by atoms with van der Waals surface area (Å²) >= 11 is 7.11. The van der Waals surface area contributed by atoms with Gasteiger partial charge in [0.1, 0.15) is 0 Å². The molecule has 2 aromatic carbocycles. The van der Waals surface area contributed by atoms with Crippen LogP contribution in [0.2, 0.25) is 5.02 Å². The Morgan fingerprint density at radius 3 is 2.82 bits per heavy atom. The number of hydrogen-bond acceptors (Lipinski definition) is 6. The Morgan fingerprint density at radius 1 is 1.32 bits per heavy atom. The van der Waals surface area contributed by atoms with Crippen LogP contribution in [0, 0.1) is 0 Å². The highest BCUT2D eigenvalue weighted by Crippen LogP contribution is 2.35. The van der Waals surface area contributed by atoms with E-state index in [1.54, 1.807) is 48.5 Å². The first-order valence-corrected chi connectivity index (χ1v) is 9.22. The number of carbonyl (C=O) groups excluding carboxylic acids is 1. The second kappa shape index (κ2) is 8.81. The lowest BCUT2D eigenvalue weighted by Crippen LogP contribution is -2.19. The highest BCUT2D eigenvalue weighted by Gasteiger charge is 2.25. The number of carboxylic acids is 1. The third-order valence-corrected chi connectivity index (χ3v) is 4.69. The van der Waals surface area contributed by atoms with Crippen LogP contribution in [0.15, 0.2) is 52.4 Å². The molecule has 9 heteroatoms. The maximum atomic E-state index is 12.3. The molecule has 7 nitrogen and oxygen atoms in total. The number of carbonyl (C=O) groups is 2. The largest absolute Gasteiger partial charge is 0.493 e. The lowest BCUT2D eigenvalue weighted by atomic mass is 10.1. The van der Waals surface area contributed by atoms with E-state index in [0.29, 0.717) is 32.1 Å². The number of ether oxygens (including phenoxy) is 2. The molecular weight excluding hydrogens is 404 g/mol. The van der Waals surface area contributed by atoms with Crippen molar-refractivity contribution < 1.29 is 24.2 Å². The topological polar surface area (TPSA) is 97.2 Å². The normalized spacial score (nSPS) is 16.3. The second-order valence-electron chi connectivity index (χ2n) is 5.52. The van der Waals surface area contributed by atoms with Gasteiger partial charge in [-0.3, -0.25) is 4.79 Å². The van der Waals surface area contributed by atoms with Gasteiger partial charge in [-0.2, -0.15) is 0 Å². The van der Waals surface area contributed by atoms with Crippen LogP contribution in [-0.4, -0.2) is 35.9 Å². The number of carboxylic acid groups (broad SMARTS) is 1. The van der Waals surface area contributed by atoms with Gasteiger partial charge in [0.05, 0.1) is 17.7 Å². The maximum absolute atomic E-state index is 12.3. The summed E-state index contributed by atoms with van der Waals surface area (Å²) in [6.45, 7) is -0.530. The fourth-order valence-corrected chi connectivity index (χ4v) is 3.40. The third kappa shape index (κ3) is 4.85. The molecule has 2 aromatic rings. The van der Waals surface area contributed by atoms with E-state index in [9.17, 15) is 9.59 Å². The van der Waals surface area contributed by atoms with Crippen LogP contribution in [0.1, 0.15) is 5.56 Å². The van der Waals surface area contributed by atoms with Crippen molar-refractivity contribution in [1.29, 1.82) is 0 Å². The van der Waals surface area contributed by atoms with Crippen molar-refractivity contribution >= 4 is 52.2 Å². The lowest BCUT2D eigenvalue weighted by molar-refractivity contribution is -0.139. The first-order chi connectivity index (χ1) is 13.5. The van der Waals surface area contributed by atoms with E-state index in [1.807, 2.05) is 0 Å². The Morgan fingerprint density at radius 2 is 2.11 bits per heavy atom. The van der Waals surface area contributed by atoms with E-state index in [1.165, 1.54) is 7.11 Å². The molecule has 1 amide bonds. The van der Waals surface area contributed by atoms with Crippen molar-refractivity contribution in [3.63, 3.8) is 0 Å². The molecular formula is C19H15ClN2O5S. The SMILES string of the molecule is COc1cccc(/C=C2\SC(=Nc3cccc(Cl)c3)NC2=O)c1OCC(=O)O. The van der Waals surface area contributed by atoms with Gasteiger partial charge in [-0.1, -0.05) is 29.8 Å². The standard InChI is InChI=1S/C19H15ClN2O5S/c1-26-14-7-2-4-11(17(14)27-10-16(23)24)8-15-18(25)22-19(28-15)21-13-6-3-5-12(20)9-13/h2-9H,10H2,1H3,(H,23,24)(H,21,22,25)/b15-8-. The zero-order chi connectivity index (χ0) is 20.1. The zero-order valence-corrected chi connectivity index (χ0v) is 16.2. The molecule has 2 N–H and O–H groups in total. The van der Waals surface area contributed by atoms with Gasteiger partial charge in [0.25, 0.3) is 5.91 Å². The minimum absolute atomic E-state index is 0.244. The van der Waals surface area contributed by atoms with Crippen LogP contribution in [0.4, 0.5) is 5.69 Å². The van der Waals surface area contributed by atoms with Crippen molar-refractivity contribution in [3.05, 3.63) is 58.0 Å². The predicted octanol–water partition coefficient (Wildman–Crippen LogP) is 3.70. The molecule has 0 aromatic heterocycles. The van der Waals surface area contributed by atoms with Crippen LogP contribution >= 0.6 is 23.4 Å². The highest BCUT2D eigenvalue weighted by molar-refractivity contribution is 8.18. The Labute approximate surface area is 170 Å². The molecule has 0 atom stereocenters. The molecule has 1 aliphatic heterocycles. The van der Waals surface area contributed by atoms with Crippen LogP contribution in [0.5, 0.6) is 11.5 Å². The van der Waals surface area contributed by atoms with Crippen molar-refractivity contribution in [2.24, 2.45) is 4.99 Å². The van der Waals surface area contributed by atoms with Gasteiger partial charge in [-0.15, -0.1) is 0 Å². The van der Waals surface area contributed by atoms with Gasteiger partial charge in [0.15, 0.2) is 23.3 Å². The van der Waals surface area contributed by atoms with Gasteiger partial charge in [0, 0.05) is 10.6 Å². The minimum atomic E-state index is -1.12. The number of aliphatic carboxylic acids is 1. The molecule has 0 radical (unpaired) electrons. The summed E-state index contributed by atoms with van der Waals surface area (Å²) in [5.41, 5.74) is 1.13. The number of nitrogens with zero attached hydrogens (tertiary/aromatic N) is 1. The summed E-state index contributed by atoms with van der Waals surface area (Å²) in [5, 5.41) is 12.5. The molecule has 144 valence electrons. The number of benzene rings is 2. The van der Waals surface area contributed by atoms with E-state index < -0.39 is 12.6 Å². The van der Waals surface area contributed by atoms with Crippen LogP contribution in [-0.2, 0) is 9.59 Å². The summed E-state index contributed by atoms with van der Waals surface area (Å²) in [6, 6.07) is 12.0. The van der Waals surface area contributed by atoms with E-state index in [4.69, 9.17) is 26.2 Å². The van der Waals surface area contributed by atoms with Gasteiger partial charge >= 0.3 is 5.97 Å². The fourth-order valence-electron chi connectivity index (χ4n) is 2.38. The van der Waals surface area contributed by atoms with E-state index >= 15 is 0 Å². The number of para-hydroxylation sites is 1. The lowest BCUT2D eigenvalue weighted by Gasteiger charge is -2.12. The monoisotopic (exact) mass is 418 g/mol. The molecule has 3 rings (SSSR count). The van der Waals surface area contributed by atoms with Gasteiger partial charge in [0.2, 0.25) is 0 Å². The number of halogens is 1. The zero-order valence-electron chi connectivity index (χ0n) is 14.6. The molecule has 0 aliphatic carbocycles. The number of amides is 1. The molecule has 1 aliphatic rings. The molecule has 1 fully saturated rings. The average Bonchev–Trinajstić information content (AvgIpc) is 2.99. The molecule has 0 bridgehead atoms. The smallest absolute Gasteiger partial charge is 0.341 e. The second-order valence-corrected chi connectivity index (χ2v) is 6.99. The number of methoxy groups -OCH3 is 1. The highest BCUT2D eigenvalue weighted by atomic mass is 35.5. The summed E-state index contributed by atoms with van der Waals surface area (Å²) in [5.74, 6) is -0.827. The molecule has 1 saturated heterocycles. The van der Waals surface area contributed by atoms with Crippen LogP contribution in [0.3, 0.4) is 0 Å².